The standard InChI is InChI=1S/C10H13NO3/c1-7-6-9(7)10-3-2-8(14-10)4-5-11(12)13/h2-3,7,9H,4-6H2,1H3. The fraction of sp³-hybridized carbons (Fsp3) is 0.600. The number of hydrogen-bond acceptors (Lipinski definition) is 3. The topological polar surface area (TPSA) is 56.3 Å². The molecule has 1 fully saturated rings. The quantitative estimate of drug-likeness (QED) is 0.546. The highest BCUT2D eigenvalue weighted by Crippen LogP contribution is 2.47. The molecule has 1 saturated carbocycles. The van der Waals surface area contributed by atoms with Crippen LogP contribution in [0, 0.1) is 16.0 Å². The maximum Gasteiger partial charge on any atom is 0.210 e. The molecule has 2 atom stereocenters. The molecule has 0 amide bonds. The van der Waals surface area contributed by atoms with Gasteiger partial charge in [-0.25, -0.2) is 0 Å². The summed E-state index contributed by atoms with van der Waals surface area (Å²) in [7, 11) is 0. The van der Waals surface area contributed by atoms with Crippen molar-refractivity contribution in [2.75, 3.05) is 6.54 Å². The highest BCUT2D eigenvalue weighted by atomic mass is 16.6. The zero-order chi connectivity index (χ0) is 10.1. The lowest BCUT2D eigenvalue weighted by atomic mass is 10.3. The van der Waals surface area contributed by atoms with Gasteiger partial charge in [0.25, 0.3) is 0 Å². The van der Waals surface area contributed by atoms with E-state index in [9.17, 15) is 10.1 Å². The van der Waals surface area contributed by atoms with Crippen LogP contribution >= 0.6 is 0 Å². The lowest BCUT2D eigenvalue weighted by Gasteiger charge is -1.92. The second kappa shape index (κ2) is 3.44. The molecule has 1 aliphatic carbocycles. The molecule has 0 N–H and O–H groups in total. The van der Waals surface area contributed by atoms with E-state index in [2.05, 4.69) is 6.92 Å². The van der Waals surface area contributed by atoms with Gasteiger partial charge in [-0.1, -0.05) is 6.92 Å². The number of furan rings is 1. The Morgan fingerprint density at radius 1 is 1.64 bits per heavy atom. The first kappa shape index (κ1) is 9.24. The summed E-state index contributed by atoms with van der Waals surface area (Å²) in [5, 5.41) is 10.1. The molecule has 2 rings (SSSR count). The minimum Gasteiger partial charge on any atom is -0.466 e. The van der Waals surface area contributed by atoms with Crippen LogP contribution in [0.25, 0.3) is 0 Å². The normalized spacial score (nSPS) is 24.9. The van der Waals surface area contributed by atoms with Crippen LogP contribution in [0.5, 0.6) is 0 Å². The lowest BCUT2D eigenvalue weighted by molar-refractivity contribution is -0.479. The largest absolute Gasteiger partial charge is 0.466 e. The van der Waals surface area contributed by atoms with Gasteiger partial charge in [0, 0.05) is 10.8 Å². The molecule has 0 saturated heterocycles. The summed E-state index contributed by atoms with van der Waals surface area (Å²) in [6.07, 6.45) is 1.58. The minimum atomic E-state index is -0.318. The second-order valence-electron chi connectivity index (χ2n) is 3.93. The summed E-state index contributed by atoms with van der Waals surface area (Å²) < 4.78 is 5.52. The van der Waals surface area contributed by atoms with Crippen LogP contribution in [-0.4, -0.2) is 11.5 Å². The SMILES string of the molecule is CC1CC1c1ccc(CC[N+](=O)[O-])o1. The van der Waals surface area contributed by atoms with Crippen LogP contribution in [0.1, 0.15) is 30.8 Å². The molecule has 0 bridgehead atoms. The smallest absolute Gasteiger partial charge is 0.210 e. The van der Waals surface area contributed by atoms with Crippen molar-refractivity contribution in [2.24, 2.45) is 5.92 Å². The van der Waals surface area contributed by atoms with Crippen molar-refractivity contribution in [3.63, 3.8) is 0 Å². The first-order valence-electron chi connectivity index (χ1n) is 4.87. The Labute approximate surface area is 82.1 Å². The van der Waals surface area contributed by atoms with E-state index in [1.165, 1.54) is 6.42 Å². The molecule has 1 heterocycles. The molecule has 4 nitrogen and oxygen atoms in total. The first-order valence-corrected chi connectivity index (χ1v) is 4.87. The Bertz CT molecular complexity index is 345. The summed E-state index contributed by atoms with van der Waals surface area (Å²) in [5.41, 5.74) is 0. The average molecular weight is 195 g/mol. The number of hydrogen-bond donors (Lipinski definition) is 0. The van der Waals surface area contributed by atoms with Gasteiger partial charge in [0.05, 0.1) is 6.42 Å². The van der Waals surface area contributed by atoms with Gasteiger partial charge in [-0.05, 0) is 24.5 Å². The molecule has 1 aliphatic rings. The van der Waals surface area contributed by atoms with E-state index in [0.717, 1.165) is 11.5 Å². The Balaban J connectivity index is 1.93. The van der Waals surface area contributed by atoms with E-state index < -0.39 is 0 Å². The second-order valence-corrected chi connectivity index (χ2v) is 3.93. The summed E-state index contributed by atoms with van der Waals surface area (Å²) >= 11 is 0. The van der Waals surface area contributed by atoms with Gasteiger partial charge in [-0.15, -0.1) is 0 Å². The predicted octanol–water partition coefficient (Wildman–Crippen LogP) is 2.22. The molecule has 0 aliphatic heterocycles. The number of rotatable bonds is 4. The molecular formula is C10H13NO3. The molecule has 0 spiro atoms. The molecule has 76 valence electrons. The molecule has 14 heavy (non-hydrogen) atoms. The molecule has 2 unspecified atom stereocenters. The van der Waals surface area contributed by atoms with Crippen LogP contribution in [0.2, 0.25) is 0 Å². The van der Waals surface area contributed by atoms with Gasteiger partial charge in [-0.3, -0.25) is 10.1 Å². The molecule has 1 aromatic heterocycles. The highest BCUT2D eigenvalue weighted by Gasteiger charge is 2.36. The summed E-state index contributed by atoms with van der Waals surface area (Å²) in [5.74, 6) is 3.00. The molecule has 1 aromatic rings. The average Bonchev–Trinajstić information content (AvgIpc) is 2.68. The van der Waals surface area contributed by atoms with Crippen molar-refractivity contribution in [1.29, 1.82) is 0 Å². The van der Waals surface area contributed by atoms with E-state index >= 15 is 0 Å². The van der Waals surface area contributed by atoms with Crippen molar-refractivity contribution in [1.82, 2.24) is 0 Å². The van der Waals surface area contributed by atoms with Crippen LogP contribution in [0.4, 0.5) is 0 Å². The molecule has 4 heteroatoms. The lowest BCUT2D eigenvalue weighted by Crippen LogP contribution is -2.02. The highest BCUT2D eigenvalue weighted by molar-refractivity contribution is 5.17. The van der Waals surface area contributed by atoms with Gasteiger partial charge < -0.3 is 4.42 Å². The Morgan fingerprint density at radius 2 is 2.36 bits per heavy atom. The van der Waals surface area contributed by atoms with Crippen molar-refractivity contribution in [2.45, 2.75) is 25.7 Å². The van der Waals surface area contributed by atoms with Crippen LogP contribution in [0.3, 0.4) is 0 Å². The summed E-state index contributed by atoms with van der Waals surface area (Å²) in [4.78, 5) is 9.82. The van der Waals surface area contributed by atoms with E-state index in [4.69, 9.17) is 4.42 Å². The van der Waals surface area contributed by atoms with Crippen LogP contribution in [-0.2, 0) is 6.42 Å². The fourth-order valence-corrected chi connectivity index (χ4v) is 1.65. The van der Waals surface area contributed by atoms with Gasteiger partial charge in [0.15, 0.2) is 0 Å². The van der Waals surface area contributed by atoms with Crippen molar-refractivity contribution >= 4 is 0 Å². The van der Waals surface area contributed by atoms with Crippen molar-refractivity contribution in [3.8, 4) is 0 Å². The Kier molecular flexibility index (Phi) is 2.27. The van der Waals surface area contributed by atoms with E-state index in [1.54, 1.807) is 0 Å². The van der Waals surface area contributed by atoms with Gasteiger partial charge in [-0.2, -0.15) is 0 Å². The summed E-state index contributed by atoms with van der Waals surface area (Å²) in [6, 6.07) is 3.80. The number of nitrogens with zero attached hydrogens (tertiary/aromatic N) is 1. The van der Waals surface area contributed by atoms with Crippen LogP contribution < -0.4 is 0 Å². The van der Waals surface area contributed by atoms with E-state index in [0.29, 0.717) is 18.3 Å². The van der Waals surface area contributed by atoms with Crippen LogP contribution in [0.15, 0.2) is 16.5 Å². The molecular weight excluding hydrogens is 182 g/mol. The van der Waals surface area contributed by atoms with Crippen molar-refractivity contribution in [3.05, 3.63) is 33.8 Å². The maximum absolute atomic E-state index is 10.1. The third-order valence-corrected chi connectivity index (χ3v) is 2.70. The fourth-order valence-electron chi connectivity index (χ4n) is 1.65. The van der Waals surface area contributed by atoms with E-state index in [1.807, 2.05) is 12.1 Å². The van der Waals surface area contributed by atoms with Crippen molar-refractivity contribution < 1.29 is 9.34 Å². The molecule has 0 aromatic carbocycles. The van der Waals surface area contributed by atoms with E-state index in [-0.39, 0.29) is 11.5 Å². The third kappa shape index (κ3) is 1.95. The predicted molar refractivity (Wildman–Crippen MR) is 50.8 cm³/mol. The number of nitro groups is 1. The monoisotopic (exact) mass is 195 g/mol. The molecule has 0 radical (unpaired) electrons. The minimum absolute atomic E-state index is 0.0484. The Morgan fingerprint density at radius 3 is 2.93 bits per heavy atom. The maximum atomic E-state index is 10.1. The first-order chi connectivity index (χ1) is 6.66. The zero-order valence-corrected chi connectivity index (χ0v) is 8.10. The zero-order valence-electron chi connectivity index (χ0n) is 8.10. The van der Waals surface area contributed by atoms with Gasteiger partial charge in [0.2, 0.25) is 6.54 Å². The third-order valence-electron chi connectivity index (χ3n) is 2.70. The Hall–Kier alpha value is -1.32. The summed E-state index contributed by atoms with van der Waals surface area (Å²) in [6.45, 7) is 2.14. The van der Waals surface area contributed by atoms with Gasteiger partial charge >= 0.3 is 0 Å². The van der Waals surface area contributed by atoms with Gasteiger partial charge in [0.1, 0.15) is 11.5 Å².